The lowest BCUT2D eigenvalue weighted by Gasteiger charge is -2.27. The molecule has 0 saturated heterocycles. The van der Waals surface area contributed by atoms with E-state index in [1.807, 2.05) is 0 Å². The van der Waals surface area contributed by atoms with Gasteiger partial charge in [0.25, 0.3) is 5.89 Å². The standard InChI is InChI=1S/C21H15F3N4O4/c22-21(23,24)15-16(10-4-2-1-3-5-10)27-31-18(15)20-26-19(28-32-20)11-6-7-12-14(8-11)30-9-13(25)17(12)29/h1-8,13,17,29H,9,25H2/t13-,17-/m1/s1. The third kappa shape index (κ3) is 3.41. The van der Waals surface area contributed by atoms with Crippen LogP contribution in [0.2, 0.25) is 0 Å². The van der Waals surface area contributed by atoms with Crippen molar-refractivity contribution < 1.29 is 32.1 Å². The summed E-state index contributed by atoms with van der Waals surface area (Å²) in [4.78, 5) is 4.06. The molecule has 2 aromatic carbocycles. The second kappa shape index (κ2) is 7.46. The Morgan fingerprint density at radius 2 is 1.78 bits per heavy atom. The molecule has 0 spiro atoms. The summed E-state index contributed by atoms with van der Waals surface area (Å²) < 4.78 is 57.2. The Morgan fingerprint density at radius 1 is 1.00 bits per heavy atom. The summed E-state index contributed by atoms with van der Waals surface area (Å²) in [5.74, 6) is -0.750. The minimum atomic E-state index is -4.77. The van der Waals surface area contributed by atoms with Gasteiger partial charge >= 0.3 is 6.18 Å². The Balaban J connectivity index is 1.54. The molecule has 8 nitrogen and oxygen atoms in total. The number of nitrogens with two attached hydrogens (primary N) is 1. The molecule has 164 valence electrons. The van der Waals surface area contributed by atoms with Gasteiger partial charge < -0.3 is 24.6 Å². The fourth-order valence-electron chi connectivity index (χ4n) is 3.48. The molecule has 1 aliphatic rings. The molecule has 0 bridgehead atoms. The van der Waals surface area contributed by atoms with Crippen LogP contribution in [-0.2, 0) is 6.18 Å². The van der Waals surface area contributed by atoms with Crippen molar-refractivity contribution in [3.8, 4) is 40.0 Å². The third-order valence-corrected chi connectivity index (χ3v) is 5.07. The molecule has 0 radical (unpaired) electrons. The average Bonchev–Trinajstić information content (AvgIpc) is 3.44. The van der Waals surface area contributed by atoms with E-state index in [2.05, 4.69) is 15.3 Å². The second-order valence-corrected chi connectivity index (χ2v) is 7.19. The van der Waals surface area contributed by atoms with Crippen LogP contribution in [0.25, 0.3) is 34.3 Å². The highest BCUT2D eigenvalue weighted by molar-refractivity contribution is 5.71. The van der Waals surface area contributed by atoms with Crippen LogP contribution in [0.1, 0.15) is 17.2 Å². The van der Waals surface area contributed by atoms with Crippen molar-refractivity contribution in [2.24, 2.45) is 5.73 Å². The van der Waals surface area contributed by atoms with E-state index in [0.717, 1.165) is 0 Å². The summed E-state index contributed by atoms with van der Waals surface area (Å²) in [5.41, 5.74) is 5.45. The summed E-state index contributed by atoms with van der Waals surface area (Å²) in [5, 5.41) is 17.5. The molecule has 2 aromatic heterocycles. The van der Waals surface area contributed by atoms with Crippen molar-refractivity contribution >= 4 is 0 Å². The molecule has 0 fully saturated rings. The molecule has 1 aliphatic heterocycles. The highest BCUT2D eigenvalue weighted by Gasteiger charge is 2.43. The van der Waals surface area contributed by atoms with Crippen LogP contribution in [-0.4, -0.2) is 33.1 Å². The Kier molecular flexibility index (Phi) is 4.72. The number of aliphatic hydroxyl groups excluding tert-OH is 1. The normalized spacial score (nSPS) is 18.3. The van der Waals surface area contributed by atoms with E-state index >= 15 is 0 Å². The van der Waals surface area contributed by atoms with Crippen molar-refractivity contribution in [3.63, 3.8) is 0 Å². The summed E-state index contributed by atoms with van der Waals surface area (Å²) in [6, 6.07) is 12.0. The number of alkyl halides is 3. The Morgan fingerprint density at radius 3 is 2.53 bits per heavy atom. The van der Waals surface area contributed by atoms with E-state index in [0.29, 0.717) is 16.9 Å². The van der Waals surface area contributed by atoms with Crippen LogP contribution >= 0.6 is 0 Å². The van der Waals surface area contributed by atoms with Gasteiger partial charge in [-0.2, -0.15) is 18.2 Å². The lowest BCUT2D eigenvalue weighted by Crippen LogP contribution is -2.38. The van der Waals surface area contributed by atoms with Crippen LogP contribution in [0.4, 0.5) is 13.2 Å². The third-order valence-electron chi connectivity index (χ3n) is 5.07. The van der Waals surface area contributed by atoms with Gasteiger partial charge in [0.05, 0.1) is 6.04 Å². The Labute approximate surface area is 178 Å². The first-order chi connectivity index (χ1) is 15.3. The van der Waals surface area contributed by atoms with E-state index in [-0.39, 0.29) is 23.7 Å². The molecule has 3 N–H and O–H groups in total. The van der Waals surface area contributed by atoms with E-state index in [4.69, 9.17) is 19.5 Å². The molecule has 11 heteroatoms. The lowest BCUT2D eigenvalue weighted by molar-refractivity contribution is -0.136. The number of ether oxygens (including phenoxy) is 1. The summed E-state index contributed by atoms with van der Waals surface area (Å²) in [6.45, 7) is 0.115. The number of nitrogens with zero attached hydrogens (tertiary/aromatic N) is 3. The number of aromatic nitrogens is 3. The van der Waals surface area contributed by atoms with Gasteiger partial charge in [-0.15, -0.1) is 0 Å². The molecule has 0 unspecified atom stereocenters. The first-order valence-electron chi connectivity index (χ1n) is 9.50. The largest absolute Gasteiger partial charge is 0.491 e. The molecule has 5 rings (SSSR count). The van der Waals surface area contributed by atoms with Crippen LogP contribution in [0.5, 0.6) is 5.75 Å². The highest BCUT2D eigenvalue weighted by Crippen LogP contribution is 2.43. The van der Waals surface area contributed by atoms with Crippen molar-refractivity contribution in [1.29, 1.82) is 0 Å². The minimum Gasteiger partial charge on any atom is -0.491 e. The van der Waals surface area contributed by atoms with Crippen LogP contribution in [0.15, 0.2) is 57.6 Å². The van der Waals surface area contributed by atoms with Gasteiger partial charge in [0.1, 0.15) is 29.7 Å². The monoisotopic (exact) mass is 444 g/mol. The zero-order valence-corrected chi connectivity index (χ0v) is 16.2. The SMILES string of the molecule is N[C@@H]1COc2cc(-c3noc(-c4onc(-c5ccccc5)c4C(F)(F)F)n3)ccc2[C@H]1O. The zero-order valence-electron chi connectivity index (χ0n) is 16.2. The Hall–Kier alpha value is -3.70. The quantitative estimate of drug-likeness (QED) is 0.489. The fourth-order valence-corrected chi connectivity index (χ4v) is 3.48. The molecule has 2 atom stereocenters. The maximum absolute atomic E-state index is 13.9. The molecular weight excluding hydrogens is 429 g/mol. The summed E-state index contributed by atoms with van der Waals surface area (Å²) >= 11 is 0. The second-order valence-electron chi connectivity index (χ2n) is 7.19. The number of aliphatic hydroxyl groups is 1. The molecule has 0 aliphatic carbocycles. The zero-order chi connectivity index (χ0) is 22.5. The predicted octanol–water partition coefficient (Wildman–Crippen LogP) is 3.83. The van der Waals surface area contributed by atoms with Gasteiger partial charge in [-0.3, -0.25) is 0 Å². The molecule has 3 heterocycles. The maximum atomic E-state index is 13.9. The number of fused-ring (bicyclic) bond motifs is 1. The minimum absolute atomic E-state index is 0.0153. The first-order valence-corrected chi connectivity index (χ1v) is 9.50. The number of halogens is 3. The van der Waals surface area contributed by atoms with Crippen molar-refractivity contribution in [2.45, 2.75) is 18.3 Å². The maximum Gasteiger partial charge on any atom is 0.422 e. The molecule has 4 aromatic rings. The van der Waals surface area contributed by atoms with Gasteiger partial charge in [0.15, 0.2) is 0 Å². The summed E-state index contributed by atoms with van der Waals surface area (Å²) in [7, 11) is 0. The van der Waals surface area contributed by atoms with E-state index < -0.39 is 35.5 Å². The number of rotatable bonds is 3. The van der Waals surface area contributed by atoms with E-state index in [9.17, 15) is 18.3 Å². The van der Waals surface area contributed by atoms with E-state index in [1.165, 1.54) is 12.1 Å². The summed E-state index contributed by atoms with van der Waals surface area (Å²) in [6.07, 6.45) is -5.67. The van der Waals surface area contributed by atoms with Crippen LogP contribution in [0, 0.1) is 0 Å². The van der Waals surface area contributed by atoms with Gasteiger partial charge in [-0.25, -0.2) is 0 Å². The Bertz CT molecular complexity index is 1270. The van der Waals surface area contributed by atoms with E-state index in [1.54, 1.807) is 36.4 Å². The predicted molar refractivity (Wildman–Crippen MR) is 104 cm³/mol. The van der Waals surface area contributed by atoms with Crippen molar-refractivity contribution in [3.05, 3.63) is 59.7 Å². The number of hydrogen-bond donors (Lipinski definition) is 2. The smallest absolute Gasteiger partial charge is 0.422 e. The van der Waals surface area contributed by atoms with Gasteiger partial charge in [0.2, 0.25) is 11.6 Å². The first kappa shape index (κ1) is 20.2. The van der Waals surface area contributed by atoms with Crippen molar-refractivity contribution in [2.75, 3.05) is 6.61 Å². The van der Waals surface area contributed by atoms with Crippen molar-refractivity contribution in [1.82, 2.24) is 15.3 Å². The number of hydrogen-bond acceptors (Lipinski definition) is 8. The average molecular weight is 444 g/mol. The lowest BCUT2D eigenvalue weighted by atomic mass is 9.98. The van der Waals surface area contributed by atoms with Gasteiger partial charge in [-0.05, 0) is 6.07 Å². The topological polar surface area (TPSA) is 120 Å². The fraction of sp³-hybridized carbons (Fsp3) is 0.190. The van der Waals surface area contributed by atoms with Gasteiger partial charge in [-0.1, -0.05) is 52.8 Å². The number of benzene rings is 2. The van der Waals surface area contributed by atoms with Crippen LogP contribution < -0.4 is 10.5 Å². The highest BCUT2D eigenvalue weighted by atomic mass is 19.4. The van der Waals surface area contributed by atoms with Gasteiger partial charge in [0, 0.05) is 16.7 Å². The molecule has 0 amide bonds. The van der Waals surface area contributed by atoms with Crippen LogP contribution in [0.3, 0.4) is 0 Å². The molecule has 32 heavy (non-hydrogen) atoms. The molecular formula is C21H15F3N4O4. The molecule has 0 saturated carbocycles.